The molecule has 0 aliphatic carbocycles. The lowest BCUT2D eigenvalue weighted by molar-refractivity contribution is -0.121. The number of aromatic amines is 2. The fourth-order valence-electron chi connectivity index (χ4n) is 11.7. The molecule has 0 radical (unpaired) electrons. The molecule has 2 fully saturated rings. The van der Waals surface area contributed by atoms with Crippen LogP contribution in [0.3, 0.4) is 0 Å². The maximum absolute atomic E-state index is 16.6. The Labute approximate surface area is 562 Å². The minimum Gasteiger partial charge on any atom is -0.408 e. The largest absolute Gasteiger partial charge is 0.408 e. The highest BCUT2D eigenvalue weighted by atomic mass is 31.2. The number of hydrogen-bond donors (Lipinski definition) is 5. The van der Waals surface area contributed by atoms with E-state index in [2.05, 4.69) is 73.2 Å². The van der Waals surface area contributed by atoms with Gasteiger partial charge in [0.05, 0.1) is 88.2 Å². The monoisotopic (exact) mass is 1370 g/mol. The molecule has 2 aliphatic rings. The molecule has 1 amide bonds. The number of hydrogen-bond acceptors (Lipinski definition) is 20. The summed E-state index contributed by atoms with van der Waals surface area (Å²) >= 11 is 0. The fraction of sp³-hybridized carbons (Fsp3) is 0.522. The molecule has 2 saturated heterocycles. The van der Waals surface area contributed by atoms with Gasteiger partial charge in [-0.1, -0.05) is 146 Å². The number of carbonyl (C=O) groups is 2. The van der Waals surface area contributed by atoms with Crippen LogP contribution < -0.4 is 26.8 Å². The van der Waals surface area contributed by atoms with Crippen LogP contribution in [0.4, 0.5) is 5.95 Å². The Morgan fingerprint density at radius 1 is 0.719 bits per heavy atom. The minimum absolute atomic E-state index is 0.0275. The van der Waals surface area contributed by atoms with Crippen LogP contribution >= 0.6 is 16.3 Å². The smallest absolute Gasteiger partial charge is 0.406 e. The molecular formula is C67H90N14O12P2Si. The molecule has 9 rings (SSSR count). The molecular weight excluding hydrogens is 1280 g/mol. The summed E-state index contributed by atoms with van der Waals surface area (Å²) in [5.41, 5.74) is 0.545. The molecule has 7 aromatic rings. The molecule has 0 spiro atoms. The van der Waals surface area contributed by atoms with Crippen molar-refractivity contribution in [3.05, 3.63) is 147 Å². The first kappa shape index (κ1) is 73.2. The molecule has 514 valence electrons. The van der Waals surface area contributed by atoms with E-state index < -0.39 is 113 Å². The molecule has 29 heteroatoms. The summed E-state index contributed by atoms with van der Waals surface area (Å²) < 4.78 is 70.3. The molecule has 0 bridgehead atoms. The summed E-state index contributed by atoms with van der Waals surface area (Å²) in [7, 11) is -9.68. The van der Waals surface area contributed by atoms with Gasteiger partial charge in [0.25, 0.3) is 19.6 Å². The van der Waals surface area contributed by atoms with Gasteiger partial charge in [-0.05, 0) is 62.5 Å². The Balaban J connectivity index is 1.19. The third kappa shape index (κ3) is 16.2. The summed E-state index contributed by atoms with van der Waals surface area (Å²) in [4.78, 5) is 77.9. The number of carbonyl (C=O) groups excluding carboxylic acids is 2. The lowest BCUT2D eigenvalue weighted by atomic mass is 9.75. The van der Waals surface area contributed by atoms with Gasteiger partial charge in [0.2, 0.25) is 11.9 Å². The van der Waals surface area contributed by atoms with Crippen molar-refractivity contribution in [2.75, 3.05) is 31.7 Å². The van der Waals surface area contributed by atoms with E-state index in [0.29, 0.717) is 0 Å². The Bertz CT molecular complexity index is 3950. The highest BCUT2D eigenvalue weighted by molar-refractivity contribution is 7.51. The second-order valence-corrected chi connectivity index (χ2v) is 34.9. The van der Waals surface area contributed by atoms with Crippen molar-refractivity contribution in [1.82, 2.24) is 54.1 Å². The summed E-state index contributed by atoms with van der Waals surface area (Å²) in [5, 5.41) is 29.4. The van der Waals surface area contributed by atoms with E-state index in [9.17, 15) is 29.7 Å². The number of rotatable bonds is 31. The number of Topliss-reactive ketones (excluding diaryl/α,β-unsaturated/α-hetero) is 1. The van der Waals surface area contributed by atoms with Crippen LogP contribution in [0.5, 0.6) is 0 Å². The van der Waals surface area contributed by atoms with Crippen LogP contribution in [0, 0.1) is 40.4 Å². The first-order chi connectivity index (χ1) is 45.6. The van der Waals surface area contributed by atoms with Gasteiger partial charge in [-0.2, -0.15) is 15.5 Å². The zero-order chi connectivity index (χ0) is 69.4. The number of imidazole rings is 2. The van der Waals surface area contributed by atoms with Crippen molar-refractivity contribution in [3.63, 3.8) is 0 Å². The number of fused-ring (bicyclic) bond motifs is 2. The zero-order valence-corrected chi connectivity index (χ0v) is 59.8. The summed E-state index contributed by atoms with van der Waals surface area (Å²) in [6, 6.07) is 32.1. The average Bonchev–Trinajstić information content (AvgIpc) is 1.44. The van der Waals surface area contributed by atoms with E-state index in [0.717, 1.165) is 16.7 Å². The van der Waals surface area contributed by atoms with Gasteiger partial charge in [0, 0.05) is 35.9 Å². The van der Waals surface area contributed by atoms with E-state index in [-0.39, 0.29) is 97.0 Å². The molecule has 5 N–H and O–H groups in total. The zero-order valence-electron chi connectivity index (χ0n) is 57.0. The highest BCUT2D eigenvalue weighted by Crippen LogP contribution is 2.53. The number of H-pyrrole nitrogens is 2. The number of aromatic nitrogens is 8. The Morgan fingerprint density at radius 3 is 1.77 bits per heavy atom. The van der Waals surface area contributed by atoms with Gasteiger partial charge in [-0.25, -0.2) is 29.3 Å². The molecule has 4 aromatic heterocycles. The first-order valence-electron chi connectivity index (χ1n) is 32.6. The lowest BCUT2D eigenvalue weighted by Gasteiger charge is -2.42. The second kappa shape index (κ2) is 31.2. The summed E-state index contributed by atoms with van der Waals surface area (Å²) in [6.07, 6.45) is -2.79. The average molecular weight is 1370 g/mol. The molecule has 96 heavy (non-hydrogen) atoms. The van der Waals surface area contributed by atoms with Gasteiger partial charge in [0.1, 0.15) is 30.0 Å². The Kier molecular flexibility index (Phi) is 23.8. The molecule has 10 atom stereocenters. The number of amides is 1. The third-order valence-electron chi connectivity index (χ3n) is 17.7. The number of anilines is 1. The predicted molar refractivity (Wildman–Crippen MR) is 366 cm³/mol. The van der Waals surface area contributed by atoms with Crippen molar-refractivity contribution in [2.24, 2.45) is 17.8 Å². The van der Waals surface area contributed by atoms with Crippen molar-refractivity contribution in [3.8, 4) is 12.1 Å². The van der Waals surface area contributed by atoms with Gasteiger partial charge < -0.3 is 27.9 Å². The number of ketones is 1. The first-order valence-corrected chi connectivity index (χ1v) is 38.1. The van der Waals surface area contributed by atoms with Crippen LogP contribution in [0.2, 0.25) is 18.1 Å². The van der Waals surface area contributed by atoms with E-state index in [1.54, 1.807) is 36.8 Å². The maximum atomic E-state index is 16.6. The SMILES string of the molecule is CC(C)C(=O)Cc1nc2c(ncn2[C@@H]2O[C@H](COP(=O)(N[C@H]3[C@@H](O[Si](C)(C)C(C)(C)C)[C@H](n4cnc5c(=O)[nH]c(NC(=O)C(C)C)nc54)O[C@@H]3COP(OCCC#N)N(C(C)C)C(C)C)OCCC#N)[C@@H](NC(c3ccccc3)(c3ccccc3)c3ccccc3)[C@H]2C)c(=O)[nH]1. The van der Waals surface area contributed by atoms with E-state index in [1.165, 1.54) is 12.7 Å². The molecule has 3 aromatic carbocycles. The van der Waals surface area contributed by atoms with Gasteiger partial charge in [-0.3, -0.25) is 53.0 Å². The van der Waals surface area contributed by atoms with E-state index >= 15 is 4.57 Å². The van der Waals surface area contributed by atoms with Gasteiger partial charge in [-0.15, -0.1) is 0 Å². The number of nitrogens with zero attached hydrogens (tertiary/aromatic N) is 9. The fourth-order valence-corrected chi connectivity index (χ4v) is 16.2. The molecule has 0 saturated carbocycles. The Hall–Kier alpha value is -7.04. The second-order valence-electron chi connectivity index (χ2n) is 26.9. The molecule has 6 heterocycles. The predicted octanol–water partition coefficient (Wildman–Crippen LogP) is 10.7. The molecule has 2 unspecified atom stereocenters. The van der Waals surface area contributed by atoms with Gasteiger partial charge >= 0.3 is 7.75 Å². The molecule has 2 aliphatic heterocycles. The van der Waals surface area contributed by atoms with Crippen LogP contribution in [0.15, 0.2) is 113 Å². The van der Waals surface area contributed by atoms with Crippen LogP contribution in [-0.2, 0) is 58.1 Å². The number of ether oxygens (including phenoxy) is 2. The van der Waals surface area contributed by atoms with Crippen LogP contribution in [-0.4, -0.2) is 133 Å². The lowest BCUT2D eigenvalue weighted by Crippen LogP contribution is -2.55. The van der Waals surface area contributed by atoms with Gasteiger partial charge in [0.15, 0.2) is 36.9 Å². The quantitative estimate of drug-likeness (QED) is 0.0117. The van der Waals surface area contributed by atoms with Crippen molar-refractivity contribution in [2.45, 2.75) is 181 Å². The molecule has 26 nitrogen and oxygen atoms in total. The van der Waals surface area contributed by atoms with E-state index in [1.807, 2.05) is 139 Å². The van der Waals surface area contributed by atoms with E-state index in [4.69, 9.17) is 42.0 Å². The standard InChI is InChI=1S/C67H90N14O12P2Si/c1-41(2)49(82)36-52-72-58-55(61(84)73-52)70-39-79(58)63-45(9)53(77-67(46-26-18-15-19-27-46,47-28-20-16-21-29-47)48-30-22-17-23-31-48)51(91-63)38-90-95(86,89-35-25-33-69)78-54-50(37-88-94(87-34-24-32-68)81(43(5)6)44(7)8)92-64(57(54)93-96(13,14)66(10,11)12)80-40-71-56-59(80)74-65(76-62(56)85)75-60(83)42(3)4/h15-23,26-31,39-45,50-51,53-54,57,63-64,77H,24-25,34-38H2,1-14H3,(H,78,86)(H,72,73,84)(H2,74,75,76,83,85)/t45-,50-,51-,53+,54-,57-,63-,64-,94?,95?/m1/s1. The topological polar surface area (TPSA) is 330 Å². The Morgan fingerprint density at radius 2 is 1.24 bits per heavy atom. The maximum Gasteiger partial charge on any atom is 0.406 e. The summed E-state index contributed by atoms with van der Waals surface area (Å²) in [6.45, 7) is 26.3. The normalized spacial score (nSPS) is 21.2. The summed E-state index contributed by atoms with van der Waals surface area (Å²) in [5.74, 6) is -1.82. The third-order valence-corrected chi connectivity index (χ3v) is 25.9. The van der Waals surface area contributed by atoms with Crippen LogP contribution in [0.1, 0.15) is 131 Å². The van der Waals surface area contributed by atoms with Crippen molar-refractivity contribution < 1.29 is 46.1 Å². The number of benzene rings is 3. The number of nitrogens with one attached hydrogen (secondary N) is 5. The van der Waals surface area contributed by atoms with Crippen molar-refractivity contribution >= 4 is 64.6 Å². The minimum atomic E-state index is -4.80. The van der Waals surface area contributed by atoms with Crippen LogP contribution in [0.25, 0.3) is 22.3 Å². The van der Waals surface area contributed by atoms with Crippen molar-refractivity contribution in [1.29, 1.82) is 10.5 Å². The number of nitriles is 2. The highest BCUT2D eigenvalue weighted by Gasteiger charge is 2.55.